The Labute approximate surface area is 102 Å². The van der Waals surface area contributed by atoms with Gasteiger partial charge in [0.05, 0.1) is 17.9 Å². The van der Waals surface area contributed by atoms with Crippen molar-refractivity contribution in [3.8, 4) is 5.75 Å². The van der Waals surface area contributed by atoms with Crippen molar-refractivity contribution in [1.29, 1.82) is 0 Å². The number of hydrogen-bond acceptors (Lipinski definition) is 4. The first kappa shape index (κ1) is 12.1. The molecule has 0 aliphatic carbocycles. The van der Waals surface area contributed by atoms with Gasteiger partial charge in [-0.25, -0.2) is 4.79 Å². The molecule has 2 unspecified atom stereocenters. The molecule has 0 spiro atoms. The van der Waals surface area contributed by atoms with Crippen LogP contribution in [0.2, 0.25) is 0 Å². The van der Waals surface area contributed by atoms with Crippen molar-refractivity contribution in [3.63, 3.8) is 0 Å². The van der Waals surface area contributed by atoms with E-state index in [1.165, 1.54) is 12.1 Å². The Hall–Kier alpha value is -2.37. The van der Waals surface area contributed by atoms with Gasteiger partial charge in [-0.2, -0.15) is 0 Å². The Bertz CT molecular complexity index is 521. The first-order chi connectivity index (χ1) is 8.50. The van der Waals surface area contributed by atoms with E-state index in [0.29, 0.717) is 0 Å². The van der Waals surface area contributed by atoms with Gasteiger partial charge in [-0.05, 0) is 12.1 Å². The van der Waals surface area contributed by atoms with Crippen LogP contribution in [-0.2, 0) is 9.59 Å². The highest BCUT2D eigenvalue weighted by Crippen LogP contribution is 2.32. The number of rotatable bonds is 3. The monoisotopic (exact) mass is 250 g/mol. The maximum absolute atomic E-state index is 12.1. The number of carbonyl (C=O) groups excluding carboxylic acids is 1. The van der Waals surface area contributed by atoms with Crippen LogP contribution >= 0.6 is 0 Å². The maximum atomic E-state index is 12.1. The van der Waals surface area contributed by atoms with Crippen molar-refractivity contribution in [3.05, 3.63) is 29.8 Å². The number of carboxylic acid groups (broad SMARTS) is 2. The Morgan fingerprint density at radius 2 is 1.89 bits per heavy atom. The number of ketones is 1. The Kier molecular flexibility index (Phi) is 3.01. The van der Waals surface area contributed by atoms with E-state index >= 15 is 0 Å². The van der Waals surface area contributed by atoms with Crippen LogP contribution in [0.3, 0.4) is 0 Å². The summed E-state index contributed by atoms with van der Waals surface area (Å²) in [5.41, 5.74) is 0.223. The van der Waals surface area contributed by atoms with Crippen LogP contribution in [-0.4, -0.2) is 34.0 Å². The van der Waals surface area contributed by atoms with E-state index in [1.807, 2.05) is 0 Å². The highest BCUT2D eigenvalue weighted by atomic mass is 16.5. The van der Waals surface area contributed by atoms with Crippen molar-refractivity contribution >= 4 is 17.7 Å². The lowest BCUT2D eigenvalue weighted by atomic mass is 9.87. The molecule has 18 heavy (non-hydrogen) atoms. The molecule has 1 aliphatic rings. The smallest absolute Gasteiger partial charge is 0.345 e. The number of ether oxygens (including phenoxy) is 1. The number of para-hydroxylation sites is 1. The molecule has 0 aromatic heterocycles. The molecule has 0 saturated heterocycles. The molecule has 2 rings (SSSR count). The zero-order valence-corrected chi connectivity index (χ0v) is 9.20. The van der Waals surface area contributed by atoms with E-state index < -0.39 is 36.2 Å². The van der Waals surface area contributed by atoms with Crippen LogP contribution in [0.15, 0.2) is 24.3 Å². The molecule has 0 radical (unpaired) electrons. The molecule has 0 bridgehead atoms. The van der Waals surface area contributed by atoms with Gasteiger partial charge in [0.2, 0.25) is 6.10 Å². The maximum Gasteiger partial charge on any atom is 0.345 e. The molecule has 1 aliphatic heterocycles. The molecule has 6 heteroatoms. The summed E-state index contributed by atoms with van der Waals surface area (Å²) < 4.78 is 5.19. The van der Waals surface area contributed by atoms with Gasteiger partial charge in [0, 0.05) is 0 Å². The molecule has 1 heterocycles. The van der Waals surface area contributed by atoms with E-state index in [4.69, 9.17) is 14.9 Å². The van der Waals surface area contributed by atoms with Gasteiger partial charge in [0.15, 0.2) is 5.78 Å². The third kappa shape index (κ3) is 2.04. The first-order valence-electron chi connectivity index (χ1n) is 5.25. The zero-order valence-electron chi connectivity index (χ0n) is 9.20. The van der Waals surface area contributed by atoms with Crippen LogP contribution in [0.1, 0.15) is 16.8 Å². The van der Waals surface area contributed by atoms with Gasteiger partial charge < -0.3 is 14.9 Å². The van der Waals surface area contributed by atoms with Gasteiger partial charge in [-0.15, -0.1) is 0 Å². The second-order valence-corrected chi connectivity index (χ2v) is 3.94. The Morgan fingerprint density at radius 3 is 2.50 bits per heavy atom. The summed E-state index contributed by atoms with van der Waals surface area (Å²) >= 11 is 0. The normalized spacial score (nSPS) is 21.9. The fourth-order valence-corrected chi connectivity index (χ4v) is 1.94. The summed E-state index contributed by atoms with van der Waals surface area (Å²) in [7, 11) is 0. The average Bonchev–Trinajstić information content (AvgIpc) is 2.32. The number of carboxylic acids is 2. The predicted octanol–water partition coefficient (Wildman–Crippen LogP) is 0.806. The van der Waals surface area contributed by atoms with Crippen molar-refractivity contribution < 1.29 is 29.3 Å². The molecule has 6 nitrogen and oxygen atoms in total. The highest BCUT2D eigenvalue weighted by molar-refractivity contribution is 6.05. The molecule has 0 saturated carbocycles. The van der Waals surface area contributed by atoms with Crippen molar-refractivity contribution in [1.82, 2.24) is 0 Å². The minimum atomic E-state index is -1.46. The SMILES string of the molecule is O=C(O)CC1C(=O)c2ccccc2OC1C(=O)O. The lowest BCUT2D eigenvalue weighted by Crippen LogP contribution is -2.44. The molecular weight excluding hydrogens is 240 g/mol. The molecular formula is C12H10O6. The van der Waals surface area contributed by atoms with Crippen LogP contribution in [0.25, 0.3) is 0 Å². The zero-order chi connectivity index (χ0) is 13.3. The number of fused-ring (bicyclic) bond motifs is 1. The van der Waals surface area contributed by atoms with Crippen molar-refractivity contribution in [2.45, 2.75) is 12.5 Å². The molecule has 2 N–H and O–H groups in total. The molecule has 1 aromatic rings. The van der Waals surface area contributed by atoms with E-state index in [-0.39, 0.29) is 11.3 Å². The molecule has 2 atom stereocenters. The standard InChI is InChI=1S/C12H10O6/c13-9(14)5-7-10(15)6-3-1-2-4-8(6)18-11(7)12(16)17/h1-4,7,11H,5H2,(H,13,14)(H,16,17). The molecule has 0 fully saturated rings. The van der Waals surface area contributed by atoms with E-state index in [0.717, 1.165) is 0 Å². The van der Waals surface area contributed by atoms with Crippen molar-refractivity contribution in [2.24, 2.45) is 5.92 Å². The third-order valence-corrected chi connectivity index (χ3v) is 2.75. The van der Waals surface area contributed by atoms with Gasteiger partial charge >= 0.3 is 11.9 Å². The fourth-order valence-electron chi connectivity index (χ4n) is 1.94. The van der Waals surface area contributed by atoms with E-state index in [9.17, 15) is 14.4 Å². The van der Waals surface area contributed by atoms with Crippen LogP contribution in [0, 0.1) is 5.92 Å². The Morgan fingerprint density at radius 1 is 1.22 bits per heavy atom. The van der Waals surface area contributed by atoms with Crippen LogP contribution in [0.4, 0.5) is 0 Å². The molecule has 1 aromatic carbocycles. The third-order valence-electron chi connectivity index (χ3n) is 2.75. The molecule has 0 amide bonds. The van der Waals surface area contributed by atoms with Gasteiger partial charge in [0.1, 0.15) is 5.75 Å². The number of benzene rings is 1. The quantitative estimate of drug-likeness (QED) is 0.823. The predicted molar refractivity (Wildman–Crippen MR) is 58.6 cm³/mol. The summed E-state index contributed by atoms with van der Waals surface area (Å²) in [5.74, 6) is -4.11. The van der Waals surface area contributed by atoms with E-state index in [1.54, 1.807) is 12.1 Å². The summed E-state index contributed by atoms with van der Waals surface area (Å²) in [4.78, 5) is 33.8. The Balaban J connectivity index is 2.42. The first-order valence-corrected chi connectivity index (χ1v) is 5.25. The lowest BCUT2D eigenvalue weighted by Gasteiger charge is -2.28. The lowest BCUT2D eigenvalue weighted by molar-refractivity contribution is -0.149. The summed E-state index contributed by atoms with van der Waals surface area (Å²) in [6.07, 6.45) is -2.02. The number of hydrogen-bond donors (Lipinski definition) is 2. The highest BCUT2D eigenvalue weighted by Gasteiger charge is 2.42. The topological polar surface area (TPSA) is 101 Å². The van der Waals surface area contributed by atoms with Crippen LogP contribution < -0.4 is 4.74 Å². The second-order valence-electron chi connectivity index (χ2n) is 3.94. The van der Waals surface area contributed by atoms with Crippen LogP contribution in [0.5, 0.6) is 5.75 Å². The summed E-state index contributed by atoms with van der Waals surface area (Å²) in [6.45, 7) is 0. The summed E-state index contributed by atoms with van der Waals surface area (Å²) in [5, 5.41) is 17.7. The number of Topliss-reactive ketones (excluding diaryl/α,β-unsaturated/α-hetero) is 1. The van der Waals surface area contributed by atoms with Gasteiger partial charge in [-0.3, -0.25) is 9.59 Å². The van der Waals surface area contributed by atoms with Gasteiger partial charge in [-0.1, -0.05) is 12.1 Å². The number of aliphatic carboxylic acids is 2. The average molecular weight is 250 g/mol. The molecule has 94 valence electrons. The summed E-state index contributed by atoms with van der Waals surface area (Å²) in [6, 6.07) is 6.20. The van der Waals surface area contributed by atoms with E-state index in [2.05, 4.69) is 0 Å². The van der Waals surface area contributed by atoms with Gasteiger partial charge in [0.25, 0.3) is 0 Å². The second kappa shape index (κ2) is 4.48. The minimum Gasteiger partial charge on any atom is -0.481 e. The number of carbonyl (C=O) groups is 3. The van der Waals surface area contributed by atoms with Crippen molar-refractivity contribution in [2.75, 3.05) is 0 Å². The largest absolute Gasteiger partial charge is 0.481 e. The fraction of sp³-hybridized carbons (Fsp3) is 0.250. The minimum absolute atomic E-state index is 0.177.